The average Bonchev–Trinajstić information content (AvgIpc) is 2.96. The SMILES string of the molecule is Cc1ccn2nc(N(C)C3CCNC3)nc2c1. The van der Waals surface area contributed by atoms with Crippen LogP contribution in [0.2, 0.25) is 0 Å². The molecule has 5 nitrogen and oxygen atoms in total. The first-order valence-corrected chi connectivity index (χ1v) is 6.00. The van der Waals surface area contributed by atoms with E-state index in [0.29, 0.717) is 6.04 Å². The Morgan fingerprint density at radius 3 is 3.18 bits per heavy atom. The average molecular weight is 231 g/mol. The van der Waals surface area contributed by atoms with Gasteiger partial charge in [0.2, 0.25) is 5.95 Å². The van der Waals surface area contributed by atoms with Crippen LogP contribution in [0.1, 0.15) is 12.0 Å². The van der Waals surface area contributed by atoms with Crippen molar-refractivity contribution in [3.63, 3.8) is 0 Å². The van der Waals surface area contributed by atoms with Crippen LogP contribution in [0.5, 0.6) is 0 Å². The summed E-state index contributed by atoms with van der Waals surface area (Å²) in [6.45, 7) is 4.17. The van der Waals surface area contributed by atoms with Crippen molar-refractivity contribution in [3.8, 4) is 0 Å². The Morgan fingerprint density at radius 1 is 1.53 bits per heavy atom. The molecule has 3 heterocycles. The van der Waals surface area contributed by atoms with Gasteiger partial charge in [0.15, 0.2) is 5.65 Å². The number of hydrogen-bond donors (Lipinski definition) is 1. The van der Waals surface area contributed by atoms with Crippen molar-refractivity contribution < 1.29 is 0 Å². The van der Waals surface area contributed by atoms with E-state index in [9.17, 15) is 0 Å². The van der Waals surface area contributed by atoms with Gasteiger partial charge in [-0.2, -0.15) is 4.98 Å². The highest BCUT2D eigenvalue weighted by molar-refractivity contribution is 5.46. The second-order valence-electron chi connectivity index (χ2n) is 4.68. The summed E-state index contributed by atoms with van der Waals surface area (Å²) in [6.07, 6.45) is 3.12. The second kappa shape index (κ2) is 4.00. The first-order chi connectivity index (χ1) is 8.24. The molecule has 1 unspecified atom stereocenters. The lowest BCUT2D eigenvalue weighted by Crippen LogP contribution is -2.34. The summed E-state index contributed by atoms with van der Waals surface area (Å²) in [6, 6.07) is 4.60. The van der Waals surface area contributed by atoms with Crippen LogP contribution in [0.25, 0.3) is 5.65 Å². The van der Waals surface area contributed by atoms with E-state index in [1.807, 2.05) is 16.8 Å². The number of fused-ring (bicyclic) bond motifs is 1. The number of likely N-dealkylation sites (N-methyl/N-ethyl adjacent to an activating group) is 1. The smallest absolute Gasteiger partial charge is 0.245 e. The Morgan fingerprint density at radius 2 is 2.41 bits per heavy atom. The Kier molecular flexibility index (Phi) is 2.48. The first-order valence-electron chi connectivity index (χ1n) is 6.00. The molecule has 2 aromatic heterocycles. The first kappa shape index (κ1) is 10.5. The van der Waals surface area contributed by atoms with Gasteiger partial charge in [0.05, 0.1) is 0 Å². The molecule has 17 heavy (non-hydrogen) atoms. The molecule has 5 heteroatoms. The maximum absolute atomic E-state index is 4.57. The monoisotopic (exact) mass is 231 g/mol. The van der Waals surface area contributed by atoms with Crippen LogP contribution in [0.3, 0.4) is 0 Å². The highest BCUT2D eigenvalue weighted by Crippen LogP contribution is 2.15. The number of aryl methyl sites for hydroxylation is 1. The van der Waals surface area contributed by atoms with E-state index < -0.39 is 0 Å². The fourth-order valence-electron chi connectivity index (χ4n) is 2.25. The number of aromatic nitrogens is 3. The molecule has 90 valence electrons. The summed E-state index contributed by atoms with van der Waals surface area (Å²) in [7, 11) is 2.07. The molecule has 0 spiro atoms. The fraction of sp³-hybridized carbons (Fsp3) is 0.500. The summed E-state index contributed by atoms with van der Waals surface area (Å²) in [5, 5.41) is 7.86. The number of rotatable bonds is 2. The topological polar surface area (TPSA) is 45.5 Å². The zero-order valence-electron chi connectivity index (χ0n) is 10.2. The summed E-state index contributed by atoms with van der Waals surface area (Å²) in [5.41, 5.74) is 2.12. The minimum atomic E-state index is 0.508. The number of nitrogens with one attached hydrogen (secondary N) is 1. The minimum absolute atomic E-state index is 0.508. The Hall–Kier alpha value is -1.62. The van der Waals surface area contributed by atoms with Crippen molar-refractivity contribution in [1.29, 1.82) is 0 Å². The molecular weight excluding hydrogens is 214 g/mol. The molecule has 0 bridgehead atoms. The zero-order valence-corrected chi connectivity index (χ0v) is 10.2. The predicted octanol–water partition coefficient (Wildman–Crippen LogP) is 0.836. The van der Waals surface area contributed by atoms with Crippen molar-refractivity contribution >= 4 is 11.6 Å². The number of pyridine rings is 1. The third-order valence-corrected chi connectivity index (χ3v) is 3.38. The van der Waals surface area contributed by atoms with Gasteiger partial charge in [0.1, 0.15) is 0 Å². The van der Waals surface area contributed by atoms with Gasteiger partial charge >= 0.3 is 0 Å². The van der Waals surface area contributed by atoms with Crippen LogP contribution >= 0.6 is 0 Å². The lowest BCUT2D eigenvalue weighted by Gasteiger charge is -2.21. The van der Waals surface area contributed by atoms with Gasteiger partial charge in [0.25, 0.3) is 0 Å². The van der Waals surface area contributed by atoms with Crippen LogP contribution in [-0.2, 0) is 0 Å². The molecule has 3 rings (SSSR count). The normalized spacial score (nSPS) is 20.0. The molecule has 0 aliphatic carbocycles. The maximum Gasteiger partial charge on any atom is 0.245 e. The summed E-state index contributed by atoms with van der Waals surface area (Å²) < 4.78 is 1.83. The zero-order chi connectivity index (χ0) is 11.8. The minimum Gasteiger partial charge on any atom is -0.338 e. The van der Waals surface area contributed by atoms with Gasteiger partial charge in [-0.15, -0.1) is 5.10 Å². The standard InChI is InChI=1S/C12H17N5/c1-9-4-6-17-11(7-9)14-12(15-17)16(2)10-3-5-13-8-10/h4,6-7,10,13H,3,5,8H2,1-2H3. The molecule has 1 saturated heterocycles. The van der Waals surface area contributed by atoms with Gasteiger partial charge < -0.3 is 10.2 Å². The lowest BCUT2D eigenvalue weighted by molar-refractivity contribution is 0.667. The summed E-state index contributed by atoms with van der Waals surface area (Å²) in [5.74, 6) is 0.810. The van der Waals surface area contributed by atoms with Crippen molar-refractivity contribution in [2.24, 2.45) is 0 Å². The second-order valence-corrected chi connectivity index (χ2v) is 4.68. The Balaban J connectivity index is 1.94. The molecule has 0 aromatic carbocycles. The van der Waals surface area contributed by atoms with Crippen molar-refractivity contribution in [1.82, 2.24) is 19.9 Å². The van der Waals surface area contributed by atoms with Crippen LogP contribution in [0.4, 0.5) is 5.95 Å². The van der Waals surface area contributed by atoms with Crippen LogP contribution in [0.15, 0.2) is 18.3 Å². The van der Waals surface area contributed by atoms with Crippen molar-refractivity contribution in [2.45, 2.75) is 19.4 Å². The highest BCUT2D eigenvalue weighted by atomic mass is 15.4. The Labute approximate surface area is 100 Å². The molecule has 1 N–H and O–H groups in total. The van der Waals surface area contributed by atoms with Gasteiger partial charge in [-0.25, -0.2) is 4.52 Å². The summed E-state index contributed by atoms with van der Waals surface area (Å²) in [4.78, 5) is 6.74. The largest absolute Gasteiger partial charge is 0.338 e. The van der Waals surface area contributed by atoms with E-state index in [4.69, 9.17) is 0 Å². The van der Waals surface area contributed by atoms with E-state index in [1.165, 1.54) is 5.56 Å². The summed E-state index contributed by atoms with van der Waals surface area (Å²) >= 11 is 0. The fourth-order valence-corrected chi connectivity index (χ4v) is 2.25. The molecule has 0 saturated carbocycles. The van der Waals surface area contributed by atoms with Crippen LogP contribution < -0.4 is 10.2 Å². The van der Waals surface area contributed by atoms with Crippen LogP contribution in [-0.4, -0.2) is 40.8 Å². The van der Waals surface area contributed by atoms with E-state index in [-0.39, 0.29) is 0 Å². The lowest BCUT2D eigenvalue weighted by atomic mass is 10.2. The number of hydrogen-bond acceptors (Lipinski definition) is 4. The molecule has 1 aliphatic heterocycles. The van der Waals surface area contributed by atoms with Crippen LogP contribution in [0, 0.1) is 6.92 Å². The van der Waals surface area contributed by atoms with E-state index in [1.54, 1.807) is 0 Å². The number of nitrogens with zero attached hydrogens (tertiary/aromatic N) is 4. The van der Waals surface area contributed by atoms with Crippen molar-refractivity contribution in [2.75, 3.05) is 25.0 Å². The number of anilines is 1. The quantitative estimate of drug-likeness (QED) is 0.832. The molecular formula is C12H17N5. The van der Waals surface area contributed by atoms with E-state index >= 15 is 0 Å². The predicted molar refractivity (Wildman–Crippen MR) is 67.4 cm³/mol. The molecule has 1 aliphatic rings. The van der Waals surface area contributed by atoms with Gasteiger partial charge in [-0.3, -0.25) is 0 Å². The third-order valence-electron chi connectivity index (χ3n) is 3.38. The van der Waals surface area contributed by atoms with E-state index in [0.717, 1.165) is 31.1 Å². The van der Waals surface area contributed by atoms with Gasteiger partial charge in [-0.05, 0) is 37.6 Å². The highest BCUT2D eigenvalue weighted by Gasteiger charge is 2.22. The molecule has 0 radical (unpaired) electrons. The van der Waals surface area contributed by atoms with Gasteiger partial charge in [-0.1, -0.05) is 0 Å². The third kappa shape index (κ3) is 1.86. The maximum atomic E-state index is 4.57. The molecule has 1 fully saturated rings. The van der Waals surface area contributed by atoms with Crippen molar-refractivity contribution in [3.05, 3.63) is 23.9 Å². The molecule has 2 aromatic rings. The molecule has 1 atom stereocenters. The Bertz CT molecular complexity index is 527. The van der Waals surface area contributed by atoms with Gasteiger partial charge in [0, 0.05) is 25.8 Å². The van der Waals surface area contributed by atoms with E-state index in [2.05, 4.69) is 40.3 Å². The molecule has 0 amide bonds.